The molecule has 0 rings (SSSR count). The van der Waals surface area contributed by atoms with Gasteiger partial charge < -0.3 is 13.3 Å². The van der Waals surface area contributed by atoms with Gasteiger partial charge in [-0.3, -0.25) is 0 Å². The van der Waals surface area contributed by atoms with Crippen LogP contribution in [0.25, 0.3) is 0 Å². The summed E-state index contributed by atoms with van der Waals surface area (Å²) in [6, 6.07) is 0. The molecule has 0 aromatic heterocycles. The van der Waals surface area contributed by atoms with E-state index in [1.54, 1.807) is 6.92 Å². The van der Waals surface area contributed by atoms with Gasteiger partial charge in [0.2, 0.25) is 0 Å². The number of hydrogen-bond donors (Lipinski definition) is 0. The molecule has 5 heteroatoms. The Bertz CT molecular complexity index is 246. The molecule has 4 nitrogen and oxygen atoms in total. The van der Waals surface area contributed by atoms with Crippen LogP contribution in [0.2, 0.25) is 0 Å². The van der Waals surface area contributed by atoms with Gasteiger partial charge in [-0.05, 0) is 19.8 Å². The maximum Gasteiger partial charge on any atom is 0.551 e. The monoisotopic (exact) mass is 246 g/mol. The Morgan fingerprint density at radius 3 is 2.12 bits per heavy atom. The summed E-state index contributed by atoms with van der Waals surface area (Å²) in [5, 5.41) is 0. The summed E-state index contributed by atoms with van der Waals surface area (Å²) >= 11 is 0. The molecule has 0 fully saturated rings. The molecule has 0 aliphatic rings. The summed E-state index contributed by atoms with van der Waals surface area (Å²) < 4.78 is 15.0. The van der Waals surface area contributed by atoms with E-state index < -0.39 is 9.53 Å². The Morgan fingerprint density at radius 2 is 1.75 bits per heavy atom. The molecule has 16 heavy (non-hydrogen) atoms. The van der Waals surface area contributed by atoms with Gasteiger partial charge in [0.05, 0.1) is 0 Å². The molecule has 0 radical (unpaired) electrons. The summed E-state index contributed by atoms with van der Waals surface area (Å²) in [5.41, 5.74) is 1.84. The molecule has 0 saturated carbocycles. The summed E-state index contributed by atoms with van der Waals surface area (Å²) in [6.45, 7) is 5.94. The van der Waals surface area contributed by atoms with Crippen LogP contribution in [0, 0.1) is 0 Å². The van der Waals surface area contributed by atoms with E-state index in [0.717, 1.165) is 24.8 Å². The number of allylic oxidation sites excluding steroid dienone is 1. The number of hydrogen-bond acceptors (Lipinski definition) is 4. The van der Waals surface area contributed by atoms with Crippen molar-refractivity contribution in [2.24, 2.45) is 0 Å². The highest BCUT2D eigenvalue weighted by Gasteiger charge is 2.19. The minimum atomic E-state index is -2.26. The van der Waals surface area contributed by atoms with Crippen LogP contribution in [0.15, 0.2) is 11.1 Å². The maximum absolute atomic E-state index is 11.7. The van der Waals surface area contributed by atoms with E-state index >= 15 is 0 Å². The molecule has 0 unspecified atom stereocenters. The van der Waals surface area contributed by atoms with Crippen molar-refractivity contribution in [1.29, 1.82) is 0 Å². The normalized spacial score (nSPS) is 12.6. The second-order valence-corrected chi connectivity index (χ2v) is 5.25. The summed E-state index contributed by atoms with van der Waals surface area (Å²) in [4.78, 5) is 11.7. The van der Waals surface area contributed by atoms with Crippen molar-refractivity contribution in [3.05, 3.63) is 11.1 Å². The SMILES string of the molecule is CCCC(CC)=C(C)C(=O)O[SiH](OC)OC. The first-order chi connectivity index (χ1) is 7.60. The van der Waals surface area contributed by atoms with Crippen molar-refractivity contribution < 1.29 is 18.1 Å². The van der Waals surface area contributed by atoms with E-state index in [1.807, 2.05) is 6.92 Å². The van der Waals surface area contributed by atoms with Gasteiger partial charge in [-0.2, -0.15) is 0 Å². The molecular weight excluding hydrogens is 224 g/mol. The predicted molar refractivity (Wildman–Crippen MR) is 65.2 cm³/mol. The Hall–Kier alpha value is -0.653. The molecule has 0 amide bonds. The highest BCUT2D eigenvalue weighted by Crippen LogP contribution is 2.16. The molecule has 0 aliphatic heterocycles. The third kappa shape index (κ3) is 4.91. The molecule has 0 saturated heterocycles. The van der Waals surface area contributed by atoms with Crippen molar-refractivity contribution in [2.45, 2.75) is 40.0 Å². The van der Waals surface area contributed by atoms with Crippen LogP contribution < -0.4 is 0 Å². The van der Waals surface area contributed by atoms with Gasteiger partial charge in [-0.15, -0.1) is 0 Å². The summed E-state index contributed by atoms with van der Waals surface area (Å²) in [6.07, 6.45) is 2.84. The molecule has 0 bridgehead atoms. The van der Waals surface area contributed by atoms with Crippen LogP contribution in [0.4, 0.5) is 0 Å². The van der Waals surface area contributed by atoms with E-state index in [2.05, 4.69) is 6.92 Å². The predicted octanol–water partition coefficient (Wildman–Crippen LogP) is 2.07. The second kappa shape index (κ2) is 8.49. The largest absolute Gasteiger partial charge is 0.551 e. The highest BCUT2D eigenvalue weighted by atomic mass is 28.3. The quantitative estimate of drug-likeness (QED) is 0.509. The van der Waals surface area contributed by atoms with E-state index in [1.165, 1.54) is 14.2 Å². The molecule has 0 N–H and O–H groups in total. The van der Waals surface area contributed by atoms with Crippen molar-refractivity contribution >= 4 is 15.5 Å². The average molecular weight is 246 g/mol. The summed E-state index contributed by atoms with van der Waals surface area (Å²) in [7, 11) is 0.709. The lowest BCUT2D eigenvalue weighted by Crippen LogP contribution is -2.28. The Balaban J connectivity index is 4.56. The van der Waals surface area contributed by atoms with Gasteiger partial charge in [-0.25, -0.2) is 4.79 Å². The smallest absolute Gasteiger partial charge is 0.472 e. The van der Waals surface area contributed by atoms with E-state index in [4.69, 9.17) is 13.3 Å². The third-order valence-electron chi connectivity index (χ3n) is 2.40. The van der Waals surface area contributed by atoms with Gasteiger partial charge in [-0.1, -0.05) is 25.8 Å². The topological polar surface area (TPSA) is 44.8 Å². The minimum Gasteiger partial charge on any atom is -0.472 e. The van der Waals surface area contributed by atoms with Crippen molar-refractivity contribution in [3.63, 3.8) is 0 Å². The number of carbonyl (C=O) groups is 1. The average Bonchev–Trinajstić information content (AvgIpc) is 2.31. The fourth-order valence-corrected chi connectivity index (χ4v) is 2.18. The fraction of sp³-hybridized carbons (Fsp3) is 0.727. The maximum atomic E-state index is 11.7. The Morgan fingerprint density at radius 1 is 1.19 bits per heavy atom. The van der Waals surface area contributed by atoms with Crippen LogP contribution in [-0.4, -0.2) is 29.7 Å². The van der Waals surface area contributed by atoms with Gasteiger partial charge in [0.15, 0.2) is 0 Å². The van der Waals surface area contributed by atoms with Gasteiger partial charge in [0, 0.05) is 19.8 Å². The molecule has 0 aromatic carbocycles. The fourth-order valence-electron chi connectivity index (χ4n) is 1.44. The number of carbonyl (C=O) groups excluding carboxylic acids is 1. The van der Waals surface area contributed by atoms with Gasteiger partial charge >= 0.3 is 15.5 Å². The van der Waals surface area contributed by atoms with Crippen LogP contribution in [0.5, 0.6) is 0 Å². The molecule has 0 atom stereocenters. The van der Waals surface area contributed by atoms with E-state index in [0.29, 0.717) is 5.57 Å². The minimum absolute atomic E-state index is 0.314. The van der Waals surface area contributed by atoms with Crippen molar-refractivity contribution in [3.8, 4) is 0 Å². The van der Waals surface area contributed by atoms with Crippen LogP contribution in [-0.2, 0) is 18.1 Å². The zero-order valence-electron chi connectivity index (χ0n) is 10.8. The zero-order valence-corrected chi connectivity index (χ0v) is 12.0. The van der Waals surface area contributed by atoms with Crippen LogP contribution in [0.3, 0.4) is 0 Å². The molecule has 0 aliphatic carbocycles. The highest BCUT2D eigenvalue weighted by molar-refractivity contribution is 6.39. The summed E-state index contributed by atoms with van der Waals surface area (Å²) in [5.74, 6) is -0.314. The second-order valence-electron chi connectivity index (χ2n) is 3.50. The molecule has 0 heterocycles. The van der Waals surface area contributed by atoms with Gasteiger partial charge in [0.1, 0.15) is 0 Å². The zero-order chi connectivity index (χ0) is 12.6. The van der Waals surface area contributed by atoms with Gasteiger partial charge in [0.25, 0.3) is 0 Å². The molecule has 0 spiro atoms. The Labute approximate surface area is 99.5 Å². The number of rotatable bonds is 7. The van der Waals surface area contributed by atoms with E-state index in [-0.39, 0.29) is 5.97 Å². The lowest BCUT2D eigenvalue weighted by atomic mass is 10.0. The standard InChI is InChI=1S/C11H22O4Si/c1-6-8-10(7-2)9(3)11(12)15-16(13-4)14-5/h16H,6-8H2,1-5H3. The molecule has 0 aromatic rings. The van der Waals surface area contributed by atoms with E-state index in [9.17, 15) is 4.79 Å². The lowest BCUT2D eigenvalue weighted by Gasteiger charge is -2.14. The molecule has 94 valence electrons. The first-order valence-electron chi connectivity index (χ1n) is 5.55. The first kappa shape index (κ1) is 15.3. The Kier molecular flexibility index (Phi) is 8.15. The molecular formula is C11H22O4Si. The van der Waals surface area contributed by atoms with Crippen LogP contribution in [0.1, 0.15) is 40.0 Å². The lowest BCUT2D eigenvalue weighted by molar-refractivity contribution is -0.133. The van der Waals surface area contributed by atoms with Crippen molar-refractivity contribution in [1.82, 2.24) is 0 Å². The van der Waals surface area contributed by atoms with Crippen molar-refractivity contribution in [2.75, 3.05) is 14.2 Å². The van der Waals surface area contributed by atoms with Crippen LogP contribution >= 0.6 is 0 Å². The first-order valence-corrected chi connectivity index (χ1v) is 6.97. The third-order valence-corrected chi connectivity index (χ3v) is 3.58.